The summed E-state index contributed by atoms with van der Waals surface area (Å²) in [6, 6.07) is 8.75. The van der Waals surface area contributed by atoms with Gasteiger partial charge in [0.1, 0.15) is 0 Å². The third-order valence-electron chi connectivity index (χ3n) is 3.49. The van der Waals surface area contributed by atoms with Crippen LogP contribution < -0.4 is 5.32 Å². The second-order valence-corrected chi connectivity index (χ2v) is 6.09. The minimum absolute atomic E-state index is 0.297. The van der Waals surface area contributed by atoms with Gasteiger partial charge in [-0.1, -0.05) is 28.1 Å². The van der Waals surface area contributed by atoms with Crippen LogP contribution in [0.25, 0.3) is 0 Å². The monoisotopic (exact) mass is 324 g/mol. The molecule has 0 aromatic heterocycles. The van der Waals surface area contributed by atoms with Crippen molar-refractivity contribution >= 4 is 21.8 Å². The summed E-state index contributed by atoms with van der Waals surface area (Å²) < 4.78 is 1.10. The highest BCUT2D eigenvalue weighted by atomic mass is 79.9. The van der Waals surface area contributed by atoms with Crippen molar-refractivity contribution in [2.24, 2.45) is 0 Å². The molecular formula is C15H21BrN2O. The SMILES string of the molecule is CC1CN(C(=O)CCCc2ccc(Br)cc2)CCN1. The number of hydrogen-bond acceptors (Lipinski definition) is 2. The summed E-state index contributed by atoms with van der Waals surface area (Å²) in [5.74, 6) is 0.297. The Morgan fingerprint density at radius 3 is 2.84 bits per heavy atom. The molecule has 2 rings (SSSR count). The smallest absolute Gasteiger partial charge is 0.222 e. The highest BCUT2D eigenvalue weighted by Crippen LogP contribution is 2.13. The van der Waals surface area contributed by atoms with Gasteiger partial charge in [-0.2, -0.15) is 0 Å². The van der Waals surface area contributed by atoms with Crippen molar-refractivity contribution in [2.75, 3.05) is 19.6 Å². The number of carbonyl (C=O) groups excluding carboxylic acids is 1. The lowest BCUT2D eigenvalue weighted by molar-refractivity contribution is -0.132. The van der Waals surface area contributed by atoms with Gasteiger partial charge in [0.05, 0.1) is 0 Å². The number of nitrogens with zero attached hydrogens (tertiary/aromatic N) is 1. The van der Waals surface area contributed by atoms with Crippen LogP contribution in [0.3, 0.4) is 0 Å². The zero-order valence-electron chi connectivity index (χ0n) is 11.4. The van der Waals surface area contributed by atoms with Crippen LogP contribution in [0.1, 0.15) is 25.3 Å². The molecule has 1 aliphatic heterocycles. The lowest BCUT2D eigenvalue weighted by atomic mass is 10.1. The summed E-state index contributed by atoms with van der Waals surface area (Å²) >= 11 is 3.43. The Hall–Kier alpha value is -0.870. The van der Waals surface area contributed by atoms with Crippen LogP contribution in [0.5, 0.6) is 0 Å². The normalized spacial score (nSPS) is 19.5. The van der Waals surface area contributed by atoms with E-state index < -0.39 is 0 Å². The van der Waals surface area contributed by atoms with E-state index in [2.05, 4.69) is 52.4 Å². The van der Waals surface area contributed by atoms with Crippen molar-refractivity contribution in [3.63, 3.8) is 0 Å². The van der Waals surface area contributed by atoms with E-state index in [1.54, 1.807) is 0 Å². The Morgan fingerprint density at radius 1 is 1.42 bits per heavy atom. The zero-order chi connectivity index (χ0) is 13.7. The summed E-state index contributed by atoms with van der Waals surface area (Å²) in [6.07, 6.45) is 2.56. The molecular weight excluding hydrogens is 304 g/mol. The Kier molecular flexibility index (Phi) is 5.40. The third-order valence-corrected chi connectivity index (χ3v) is 4.02. The topological polar surface area (TPSA) is 32.3 Å². The minimum Gasteiger partial charge on any atom is -0.340 e. The first kappa shape index (κ1) is 14.5. The number of halogens is 1. The first-order chi connectivity index (χ1) is 9.15. The molecule has 1 aromatic carbocycles. The van der Waals surface area contributed by atoms with Crippen molar-refractivity contribution < 1.29 is 4.79 Å². The average Bonchev–Trinajstić information content (AvgIpc) is 2.41. The van der Waals surface area contributed by atoms with Crippen molar-refractivity contribution in [2.45, 2.75) is 32.2 Å². The van der Waals surface area contributed by atoms with Gasteiger partial charge in [0, 0.05) is 36.6 Å². The maximum absolute atomic E-state index is 12.1. The van der Waals surface area contributed by atoms with E-state index in [0.29, 0.717) is 18.4 Å². The predicted molar refractivity (Wildman–Crippen MR) is 81.1 cm³/mol. The van der Waals surface area contributed by atoms with Crippen LogP contribution in [0.4, 0.5) is 0 Å². The molecule has 104 valence electrons. The Bertz CT molecular complexity index is 419. The summed E-state index contributed by atoms with van der Waals surface area (Å²) in [6.45, 7) is 4.74. The second-order valence-electron chi connectivity index (χ2n) is 5.17. The fourth-order valence-electron chi connectivity index (χ4n) is 2.41. The second kappa shape index (κ2) is 7.06. The maximum Gasteiger partial charge on any atom is 0.222 e. The van der Waals surface area contributed by atoms with E-state index in [9.17, 15) is 4.79 Å². The number of hydrogen-bond donors (Lipinski definition) is 1. The van der Waals surface area contributed by atoms with E-state index in [4.69, 9.17) is 0 Å². The maximum atomic E-state index is 12.1. The van der Waals surface area contributed by atoms with Crippen LogP contribution in [0, 0.1) is 0 Å². The Morgan fingerprint density at radius 2 is 2.16 bits per heavy atom. The van der Waals surface area contributed by atoms with Crippen molar-refractivity contribution in [3.05, 3.63) is 34.3 Å². The number of benzene rings is 1. The van der Waals surface area contributed by atoms with Crippen molar-refractivity contribution in [1.82, 2.24) is 10.2 Å². The minimum atomic E-state index is 0.297. The van der Waals surface area contributed by atoms with Crippen LogP contribution in [-0.4, -0.2) is 36.5 Å². The molecule has 3 nitrogen and oxygen atoms in total. The van der Waals surface area contributed by atoms with Crippen molar-refractivity contribution in [3.8, 4) is 0 Å². The molecule has 0 bridgehead atoms. The van der Waals surface area contributed by atoms with Gasteiger partial charge in [-0.15, -0.1) is 0 Å². The van der Waals surface area contributed by atoms with Gasteiger partial charge in [0.2, 0.25) is 5.91 Å². The zero-order valence-corrected chi connectivity index (χ0v) is 12.9. The van der Waals surface area contributed by atoms with Crippen LogP contribution in [0.15, 0.2) is 28.7 Å². The number of piperazine rings is 1. The summed E-state index contributed by atoms with van der Waals surface area (Å²) in [5.41, 5.74) is 1.30. The first-order valence-electron chi connectivity index (χ1n) is 6.91. The quantitative estimate of drug-likeness (QED) is 0.923. The molecule has 1 saturated heterocycles. The average molecular weight is 325 g/mol. The molecule has 0 radical (unpaired) electrons. The standard InChI is InChI=1S/C15H21BrN2O/c1-12-11-18(10-9-17-12)15(19)4-2-3-13-5-7-14(16)8-6-13/h5-8,12,17H,2-4,9-11H2,1H3. The molecule has 1 amide bonds. The number of amides is 1. The molecule has 4 heteroatoms. The molecule has 1 aromatic rings. The molecule has 0 spiro atoms. The predicted octanol–water partition coefficient (Wildman–Crippen LogP) is 2.59. The van der Waals surface area contributed by atoms with Gasteiger partial charge in [-0.25, -0.2) is 0 Å². The number of nitrogens with one attached hydrogen (secondary N) is 1. The van der Waals surface area contributed by atoms with Crippen molar-refractivity contribution in [1.29, 1.82) is 0 Å². The van der Waals surface area contributed by atoms with Gasteiger partial charge in [-0.05, 0) is 37.5 Å². The molecule has 1 aliphatic rings. The van der Waals surface area contributed by atoms with E-state index in [-0.39, 0.29) is 0 Å². The highest BCUT2D eigenvalue weighted by molar-refractivity contribution is 9.10. The lowest BCUT2D eigenvalue weighted by Crippen LogP contribution is -2.51. The summed E-state index contributed by atoms with van der Waals surface area (Å²) in [5, 5.41) is 3.36. The largest absolute Gasteiger partial charge is 0.340 e. The first-order valence-corrected chi connectivity index (χ1v) is 7.70. The number of aryl methyl sites for hydroxylation is 1. The van der Waals surface area contributed by atoms with Gasteiger partial charge in [0.15, 0.2) is 0 Å². The molecule has 1 atom stereocenters. The highest BCUT2D eigenvalue weighted by Gasteiger charge is 2.19. The molecule has 1 N–H and O–H groups in total. The number of carbonyl (C=O) groups is 1. The Balaban J connectivity index is 1.73. The number of rotatable bonds is 4. The van der Waals surface area contributed by atoms with Gasteiger partial charge in [0.25, 0.3) is 0 Å². The van der Waals surface area contributed by atoms with E-state index in [1.807, 2.05) is 4.90 Å². The van der Waals surface area contributed by atoms with E-state index >= 15 is 0 Å². The van der Waals surface area contributed by atoms with Crippen LogP contribution in [0.2, 0.25) is 0 Å². The van der Waals surface area contributed by atoms with Crippen LogP contribution >= 0.6 is 15.9 Å². The van der Waals surface area contributed by atoms with Gasteiger partial charge in [-0.3, -0.25) is 4.79 Å². The fourth-order valence-corrected chi connectivity index (χ4v) is 2.68. The molecule has 0 aliphatic carbocycles. The summed E-state index contributed by atoms with van der Waals surface area (Å²) in [4.78, 5) is 14.1. The molecule has 1 unspecified atom stereocenters. The van der Waals surface area contributed by atoms with E-state index in [1.165, 1.54) is 5.56 Å². The summed E-state index contributed by atoms with van der Waals surface area (Å²) in [7, 11) is 0. The molecule has 1 fully saturated rings. The van der Waals surface area contributed by atoms with Crippen LogP contribution in [-0.2, 0) is 11.2 Å². The molecule has 1 heterocycles. The molecule has 0 saturated carbocycles. The van der Waals surface area contributed by atoms with Gasteiger partial charge < -0.3 is 10.2 Å². The van der Waals surface area contributed by atoms with Gasteiger partial charge >= 0.3 is 0 Å². The third kappa shape index (κ3) is 4.62. The Labute approximate surface area is 123 Å². The van der Waals surface area contributed by atoms with E-state index in [0.717, 1.165) is 36.9 Å². The molecule has 19 heavy (non-hydrogen) atoms. The fraction of sp³-hybridized carbons (Fsp3) is 0.533. The lowest BCUT2D eigenvalue weighted by Gasteiger charge is -2.32.